The van der Waals surface area contributed by atoms with Crippen LogP contribution in [0.3, 0.4) is 0 Å². The van der Waals surface area contributed by atoms with Gasteiger partial charge in [-0.1, -0.05) is 36.4 Å². The van der Waals surface area contributed by atoms with Crippen molar-refractivity contribution in [1.29, 1.82) is 0 Å². The summed E-state index contributed by atoms with van der Waals surface area (Å²) in [5.41, 5.74) is 3.12. The van der Waals surface area contributed by atoms with Gasteiger partial charge in [-0.15, -0.1) is 0 Å². The van der Waals surface area contributed by atoms with E-state index in [1.165, 1.54) is 10.8 Å². The molecule has 2 heterocycles. The Morgan fingerprint density at radius 1 is 1.04 bits per heavy atom. The molecule has 4 rings (SSSR count). The Bertz CT molecular complexity index is 1060. The highest BCUT2D eigenvalue weighted by molar-refractivity contribution is 5.86. The number of nitrogens with zero attached hydrogens (tertiary/aromatic N) is 4. The van der Waals surface area contributed by atoms with Crippen molar-refractivity contribution >= 4 is 10.8 Å². The van der Waals surface area contributed by atoms with Crippen molar-refractivity contribution in [3.63, 3.8) is 0 Å². The van der Waals surface area contributed by atoms with Gasteiger partial charge in [0.1, 0.15) is 0 Å². The van der Waals surface area contributed by atoms with Gasteiger partial charge in [-0.25, -0.2) is 9.97 Å². The van der Waals surface area contributed by atoms with Crippen LogP contribution >= 0.6 is 0 Å². The standard InChI is InChI=1S/C22H23N5O/c1-27-21(9-10-26-27)20(15-28-2)23-12-16-13-24-22(25-14-16)19-8-7-17-5-3-4-6-18(17)11-19/h3-11,13-14,20,23H,12,15H2,1-2H3/t20-/m0/s1. The van der Waals surface area contributed by atoms with E-state index in [9.17, 15) is 0 Å². The van der Waals surface area contributed by atoms with E-state index in [0.29, 0.717) is 13.2 Å². The molecule has 6 heteroatoms. The lowest BCUT2D eigenvalue weighted by atomic mass is 10.1. The molecule has 0 saturated heterocycles. The van der Waals surface area contributed by atoms with Crippen LogP contribution in [-0.2, 0) is 18.3 Å². The Kier molecular flexibility index (Phi) is 5.41. The lowest BCUT2D eigenvalue weighted by molar-refractivity contribution is 0.163. The van der Waals surface area contributed by atoms with Crippen molar-refractivity contribution in [3.05, 3.63) is 78.4 Å². The van der Waals surface area contributed by atoms with Crippen LogP contribution in [0.1, 0.15) is 17.3 Å². The average molecular weight is 373 g/mol. The summed E-state index contributed by atoms with van der Waals surface area (Å²) in [6, 6.07) is 16.6. The number of aryl methyl sites for hydroxylation is 1. The third kappa shape index (κ3) is 3.93. The first-order valence-electron chi connectivity index (χ1n) is 9.25. The summed E-state index contributed by atoms with van der Waals surface area (Å²) in [6.07, 6.45) is 5.54. The van der Waals surface area contributed by atoms with Gasteiger partial charge in [0.2, 0.25) is 0 Å². The van der Waals surface area contributed by atoms with Crippen LogP contribution in [0, 0.1) is 0 Å². The molecule has 0 aliphatic heterocycles. The molecule has 0 aliphatic carbocycles. The second-order valence-electron chi connectivity index (χ2n) is 6.75. The summed E-state index contributed by atoms with van der Waals surface area (Å²) >= 11 is 0. The van der Waals surface area contributed by atoms with Crippen molar-refractivity contribution in [2.45, 2.75) is 12.6 Å². The summed E-state index contributed by atoms with van der Waals surface area (Å²) in [5.74, 6) is 0.731. The van der Waals surface area contributed by atoms with Gasteiger partial charge >= 0.3 is 0 Å². The van der Waals surface area contributed by atoms with Crippen LogP contribution in [-0.4, -0.2) is 33.5 Å². The van der Waals surface area contributed by atoms with Crippen molar-refractivity contribution < 1.29 is 4.74 Å². The number of ether oxygens (including phenoxy) is 1. The zero-order valence-electron chi connectivity index (χ0n) is 16.0. The first kappa shape index (κ1) is 18.3. The van der Waals surface area contributed by atoms with E-state index in [4.69, 9.17) is 4.74 Å². The second kappa shape index (κ2) is 8.29. The van der Waals surface area contributed by atoms with Gasteiger partial charge in [-0.05, 0) is 22.9 Å². The molecule has 0 bridgehead atoms. The van der Waals surface area contributed by atoms with Crippen LogP contribution in [0.25, 0.3) is 22.2 Å². The Hall–Kier alpha value is -3.09. The van der Waals surface area contributed by atoms with E-state index in [-0.39, 0.29) is 6.04 Å². The fourth-order valence-corrected chi connectivity index (χ4v) is 3.31. The van der Waals surface area contributed by atoms with Crippen LogP contribution in [0.5, 0.6) is 0 Å². The minimum absolute atomic E-state index is 0.0534. The number of aromatic nitrogens is 4. The molecule has 2 aromatic carbocycles. The summed E-state index contributed by atoms with van der Waals surface area (Å²) in [5, 5.41) is 10.1. The molecule has 6 nitrogen and oxygen atoms in total. The van der Waals surface area contributed by atoms with Crippen LogP contribution < -0.4 is 5.32 Å². The predicted molar refractivity (Wildman–Crippen MR) is 110 cm³/mol. The van der Waals surface area contributed by atoms with Crippen LogP contribution in [0.15, 0.2) is 67.1 Å². The highest BCUT2D eigenvalue weighted by Crippen LogP contribution is 2.21. The molecule has 4 aromatic rings. The molecule has 28 heavy (non-hydrogen) atoms. The molecule has 0 aliphatic rings. The molecule has 1 atom stereocenters. The van der Waals surface area contributed by atoms with Crippen LogP contribution in [0.4, 0.5) is 0 Å². The van der Waals surface area contributed by atoms with Gasteiger partial charge in [0.05, 0.1) is 18.3 Å². The van der Waals surface area contributed by atoms with Gasteiger partial charge < -0.3 is 10.1 Å². The summed E-state index contributed by atoms with van der Waals surface area (Å²) in [6.45, 7) is 1.22. The minimum Gasteiger partial charge on any atom is -0.383 e. The van der Waals surface area contributed by atoms with Gasteiger partial charge in [-0.2, -0.15) is 5.10 Å². The molecule has 142 valence electrons. The molecule has 1 N–H and O–H groups in total. The zero-order chi connectivity index (χ0) is 19.3. The second-order valence-corrected chi connectivity index (χ2v) is 6.75. The van der Waals surface area contributed by atoms with Crippen molar-refractivity contribution in [2.75, 3.05) is 13.7 Å². The van der Waals surface area contributed by atoms with Crippen molar-refractivity contribution in [2.24, 2.45) is 7.05 Å². The highest BCUT2D eigenvalue weighted by Gasteiger charge is 2.14. The SMILES string of the molecule is COC[C@H](NCc1cnc(-c2ccc3ccccc3c2)nc1)c1ccnn1C. The Labute approximate surface area is 164 Å². The molecule has 0 radical (unpaired) electrons. The lowest BCUT2D eigenvalue weighted by Crippen LogP contribution is -2.27. The third-order valence-electron chi connectivity index (χ3n) is 4.81. The first-order valence-corrected chi connectivity index (χ1v) is 9.25. The summed E-state index contributed by atoms with van der Waals surface area (Å²) in [4.78, 5) is 9.12. The van der Waals surface area contributed by atoms with Gasteiger partial charge in [0.15, 0.2) is 5.82 Å². The van der Waals surface area contributed by atoms with E-state index in [2.05, 4.69) is 50.7 Å². The monoisotopic (exact) mass is 373 g/mol. The van der Waals surface area contributed by atoms with Crippen molar-refractivity contribution in [1.82, 2.24) is 25.1 Å². The summed E-state index contributed by atoms with van der Waals surface area (Å²) in [7, 11) is 3.63. The number of hydrogen-bond acceptors (Lipinski definition) is 5. The molecule has 0 spiro atoms. The molecular formula is C22H23N5O. The molecule has 0 unspecified atom stereocenters. The Balaban J connectivity index is 1.47. The van der Waals surface area contributed by atoms with E-state index in [1.807, 2.05) is 42.3 Å². The number of hydrogen-bond donors (Lipinski definition) is 1. The normalized spacial score (nSPS) is 12.4. The largest absolute Gasteiger partial charge is 0.383 e. The van der Waals surface area contributed by atoms with E-state index < -0.39 is 0 Å². The fourth-order valence-electron chi connectivity index (χ4n) is 3.31. The highest BCUT2D eigenvalue weighted by atomic mass is 16.5. The van der Waals surface area contributed by atoms with E-state index in [0.717, 1.165) is 22.6 Å². The van der Waals surface area contributed by atoms with Gasteiger partial charge in [0.25, 0.3) is 0 Å². The number of benzene rings is 2. The maximum atomic E-state index is 5.35. The topological polar surface area (TPSA) is 64.9 Å². The van der Waals surface area contributed by atoms with Crippen LogP contribution in [0.2, 0.25) is 0 Å². The quantitative estimate of drug-likeness (QED) is 0.537. The molecule has 0 amide bonds. The van der Waals surface area contributed by atoms with E-state index >= 15 is 0 Å². The zero-order valence-corrected chi connectivity index (χ0v) is 16.0. The number of nitrogens with one attached hydrogen (secondary N) is 1. The first-order chi connectivity index (χ1) is 13.7. The number of rotatable bonds is 7. The third-order valence-corrected chi connectivity index (χ3v) is 4.81. The van der Waals surface area contributed by atoms with Crippen molar-refractivity contribution in [3.8, 4) is 11.4 Å². The Morgan fingerprint density at radius 3 is 2.54 bits per heavy atom. The van der Waals surface area contributed by atoms with E-state index in [1.54, 1.807) is 13.3 Å². The molecule has 2 aromatic heterocycles. The maximum Gasteiger partial charge on any atom is 0.159 e. The Morgan fingerprint density at radius 2 is 1.82 bits per heavy atom. The smallest absolute Gasteiger partial charge is 0.159 e. The molecular weight excluding hydrogens is 350 g/mol. The number of fused-ring (bicyclic) bond motifs is 1. The fraction of sp³-hybridized carbons (Fsp3) is 0.227. The van der Waals surface area contributed by atoms with Gasteiger partial charge in [0, 0.05) is 50.4 Å². The average Bonchev–Trinajstić information content (AvgIpc) is 3.17. The number of methoxy groups -OCH3 is 1. The molecule has 0 saturated carbocycles. The van der Waals surface area contributed by atoms with Gasteiger partial charge in [-0.3, -0.25) is 4.68 Å². The predicted octanol–water partition coefficient (Wildman–Crippen LogP) is 3.51. The lowest BCUT2D eigenvalue weighted by Gasteiger charge is -2.18. The summed E-state index contributed by atoms with van der Waals surface area (Å²) < 4.78 is 7.21. The minimum atomic E-state index is 0.0534. The molecule has 0 fully saturated rings. The maximum absolute atomic E-state index is 5.35.